The second-order valence-corrected chi connectivity index (χ2v) is 8.51. The zero-order valence-corrected chi connectivity index (χ0v) is 19.1. The fourth-order valence-corrected chi connectivity index (χ4v) is 4.50. The van der Waals surface area contributed by atoms with Crippen LogP contribution >= 0.6 is 11.6 Å². The van der Waals surface area contributed by atoms with E-state index in [1.807, 2.05) is 0 Å². The highest BCUT2D eigenvalue weighted by Crippen LogP contribution is 2.45. The molecule has 174 valence electrons. The van der Waals surface area contributed by atoms with Gasteiger partial charge in [-0.25, -0.2) is 0 Å². The minimum absolute atomic E-state index is 0.164. The van der Waals surface area contributed by atoms with Gasteiger partial charge >= 0.3 is 5.92 Å². The second-order valence-electron chi connectivity index (χ2n) is 8.10. The molecule has 0 saturated heterocycles. The van der Waals surface area contributed by atoms with Gasteiger partial charge in [0.25, 0.3) is 0 Å². The fourth-order valence-electron chi connectivity index (χ4n) is 4.31. The van der Waals surface area contributed by atoms with Crippen LogP contribution in [-0.4, -0.2) is 30.6 Å². The number of benzene rings is 3. The van der Waals surface area contributed by atoms with Crippen molar-refractivity contribution < 1.29 is 23.1 Å². The van der Waals surface area contributed by atoms with Crippen LogP contribution in [0.4, 0.5) is 14.5 Å². The summed E-state index contributed by atoms with van der Waals surface area (Å²) < 4.78 is 36.3. The van der Waals surface area contributed by atoms with Crippen molar-refractivity contribution in [2.75, 3.05) is 12.4 Å². The van der Waals surface area contributed by atoms with Gasteiger partial charge in [0, 0.05) is 12.0 Å². The number of ketones is 2. The maximum absolute atomic E-state index is 15.6. The Labute approximate surface area is 201 Å². The van der Waals surface area contributed by atoms with Crippen molar-refractivity contribution in [1.29, 1.82) is 0 Å². The number of alkyl halides is 2. The Morgan fingerprint density at radius 1 is 1.03 bits per heavy atom. The molecule has 0 amide bonds. The summed E-state index contributed by atoms with van der Waals surface area (Å²) in [6, 6.07) is 19.8. The molecule has 0 aromatic heterocycles. The highest BCUT2D eigenvalue weighted by molar-refractivity contribution is 6.33. The predicted octanol–water partition coefficient (Wildman–Crippen LogP) is 6.11. The molecule has 0 saturated carbocycles. The van der Waals surface area contributed by atoms with E-state index in [1.54, 1.807) is 60.7 Å². The number of carbonyl (C=O) groups is 2. The average Bonchev–Trinajstić information content (AvgIpc) is 3.15. The third-order valence-corrected chi connectivity index (χ3v) is 6.40. The first kappa shape index (κ1) is 23.6. The molecule has 3 aromatic carbocycles. The zero-order valence-electron chi connectivity index (χ0n) is 18.3. The monoisotopic (exact) mass is 481 g/mol. The number of halogens is 3. The molecule has 2 atom stereocenters. The molecule has 1 N–H and O–H groups in total. The van der Waals surface area contributed by atoms with Crippen molar-refractivity contribution in [1.82, 2.24) is 0 Å². The lowest BCUT2D eigenvalue weighted by molar-refractivity contribution is -0.122. The van der Waals surface area contributed by atoms with Crippen LogP contribution in [0.3, 0.4) is 0 Å². The van der Waals surface area contributed by atoms with Crippen LogP contribution in [-0.2, 0) is 10.2 Å². The van der Waals surface area contributed by atoms with Gasteiger partial charge in [-0.2, -0.15) is 8.78 Å². The molecule has 0 radical (unpaired) electrons. The number of Topliss-reactive ketones (excluding diaryl/α,β-unsaturated/α-hetero) is 1. The zero-order chi connectivity index (χ0) is 24.3. The molecule has 4 nitrogen and oxygen atoms in total. The van der Waals surface area contributed by atoms with Crippen molar-refractivity contribution in [2.45, 2.75) is 23.8 Å². The Kier molecular flexibility index (Phi) is 6.53. The predicted molar refractivity (Wildman–Crippen MR) is 128 cm³/mol. The fraction of sp³-hybridized carbons (Fsp3) is 0.185. The Morgan fingerprint density at radius 2 is 1.68 bits per heavy atom. The van der Waals surface area contributed by atoms with E-state index in [4.69, 9.17) is 16.3 Å². The van der Waals surface area contributed by atoms with Crippen molar-refractivity contribution in [3.05, 3.63) is 107 Å². The molecular weight excluding hydrogens is 460 g/mol. The Balaban J connectivity index is 1.75. The molecule has 0 heterocycles. The number of allylic oxidation sites excluding steroid dienone is 1. The van der Waals surface area contributed by atoms with Gasteiger partial charge in [0.1, 0.15) is 5.75 Å². The van der Waals surface area contributed by atoms with Crippen LogP contribution < -0.4 is 10.1 Å². The van der Waals surface area contributed by atoms with Crippen LogP contribution in [0.1, 0.15) is 22.3 Å². The summed E-state index contributed by atoms with van der Waals surface area (Å²) in [7, 11) is 1.44. The highest BCUT2D eigenvalue weighted by atomic mass is 35.5. The number of para-hydroxylation sites is 1. The standard InChI is InChI=1S/C27H22ClF2NO3/c1-34-20-13-11-18(12-14-20)25(33)27(29,30)17-26(19-7-3-2-4-8-19)23(15-16-24(26)32)31-22-10-6-5-9-21(22)28/h2-16,23,31H,17H2,1H3/t23-,26-/m1/s1. The van der Waals surface area contributed by atoms with Gasteiger partial charge in [0.05, 0.1) is 29.3 Å². The number of anilines is 1. The van der Waals surface area contributed by atoms with Crippen LogP contribution in [0.2, 0.25) is 5.02 Å². The molecule has 7 heteroatoms. The number of hydrogen-bond donors (Lipinski definition) is 1. The van der Waals surface area contributed by atoms with E-state index in [2.05, 4.69) is 5.32 Å². The summed E-state index contributed by atoms with van der Waals surface area (Å²) in [6.45, 7) is 0. The second kappa shape index (κ2) is 9.39. The SMILES string of the molecule is COc1ccc(C(=O)C(F)(F)C[C@]2(c3ccccc3)C(=O)C=C[C@H]2Nc2ccccc2Cl)cc1. The van der Waals surface area contributed by atoms with Crippen LogP contribution in [0.15, 0.2) is 91.0 Å². The first-order valence-electron chi connectivity index (χ1n) is 10.6. The molecule has 0 fully saturated rings. The van der Waals surface area contributed by atoms with E-state index < -0.39 is 35.4 Å². The first-order valence-corrected chi connectivity index (χ1v) is 11.0. The quantitative estimate of drug-likeness (QED) is 0.394. The molecule has 0 spiro atoms. The summed E-state index contributed by atoms with van der Waals surface area (Å²) >= 11 is 6.28. The summed E-state index contributed by atoms with van der Waals surface area (Å²) in [4.78, 5) is 26.2. The summed E-state index contributed by atoms with van der Waals surface area (Å²) in [5.74, 6) is -5.25. The lowest BCUT2D eigenvalue weighted by atomic mass is 9.69. The minimum Gasteiger partial charge on any atom is -0.497 e. The van der Waals surface area contributed by atoms with Crippen molar-refractivity contribution in [2.24, 2.45) is 0 Å². The smallest absolute Gasteiger partial charge is 0.311 e. The maximum atomic E-state index is 15.6. The number of nitrogens with one attached hydrogen (secondary N) is 1. The lowest BCUT2D eigenvalue weighted by Crippen LogP contribution is -2.51. The van der Waals surface area contributed by atoms with Crippen LogP contribution in [0.5, 0.6) is 5.75 Å². The van der Waals surface area contributed by atoms with Gasteiger partial charge in [-0.3, -0.25) is 9.59 Å². The van der Waals surface area contributed by atoms with Crippen molar-refractivity contribution in [3.8, 4) is 5.75 Å². The average molecular weight is 482 g/mol. The molecular formula is C27H22ClF2NO3. The molecule has 3 aromatic rings. The third-order valence-electron chi connectivity index (χ3n) is 6.07. The van der Waals surface area contributed by atoms with Crippen molar-refractivity contribution >= 4 is 28.9 Å². The summed E-state index contributed by atoms with van der Waals surface area (Å²) in [5, 5.41) is 3.53. The molecule has 0 unspecified atom stereocenters. The number of rotatable bonds is 8. The van der Waals surface area contributed by atoms with E-state index in [0.717, 1.165) is 0 Å². The molecule has 4 rings (SSSR count). The summed E-state index contributed by atoms with van der Waals surface area (Å²) in [6.07, 6.45) is 1.82. The molecule has 34 heavy (non-hydrogen) atoms. The number of ether oxygens (including phenoxy) is 1. The molecule has 0 aliphatic heterocycles. The Morgan fingerprint density at radius 3 is 2.32 bits per heavy atom. The van der Waals surface area contributed by atoms with Gasteiger partial charge in [-0.05, 0) is 48.0 Å². The molecule has 1 aliphatic carbocycles. The highest BCUT2D eigenvalue weighted by Gasteiger charge is 2.56. The first-order chi connectivity index (χ1) is 16.3. The van der Waals surface area contributed by atoms with Crippen molar-refractivity contribution in [3.63, 3.8) is 0 Å². The van der Waals surface area contributed by atoms with E-state index in [-0.39, 0.29) is 5.56 Å². The summed E-state index contributed by atoms with van der Waals surface area (Å²) in [5.41, 5.74) is -0.995. The molecule has 0 bridgehead atoms. The maximum Gasteiger partial charge on any atom is 0.311 e. The Hall–Kier alpha value is -3.51. The third kappa shape index (κ3) is 4.33. The number of carbonyl (C=O) groups excluding carboxylic acids is 2. The lowest BCUT2D eigenvalue weighted by Gasteiger charge is -2.37. The topological polar surface area (TPSA) is 55.4 Å². The minimum atomic E-state index is -3.83. The Bertz CT molecular complexity index is 1230. The molecule has 1 aliphatic rings. The normalized spacial score (nSPS) is 19.8. The largest absolute Gasteiger partial charge is 0.497 e. The van der Waals surface area contributed by atoms with Gasteiger partial charge < -0.3 is 10.1 Å². The van der Waals surface area contributed by atoms with Gasteiger partial charge in [-0.15, -0.1) is 0 Å². The number of hydrogen-bond acceptors (Lipinski definition) is 4. The van der Waals surface area contributed by atoms with E-state index >= 15 is 8.78 Å². The van der Waals surface area contributed by atoms with Gasteiger partial charge in [0.15, 0.2) is 5.78 Å². The van der Waals surface area contributed by atoms with Gasteiger partial charge in [-0.1, -0.05) is 60.1 Å². The van der Waals surface area contributed by atoms with E-state index in [9.17, 15) is 9.59 Å². The van der Waals surface area contributed by atoms with E-state index in [1.165, 1.54) is 37.5 Å². The van der Waals surface area contributed by atoms with E-state index in [0.29, 0.717) is 22.0 Å². The number of methoxy groups -OCH3 is 1. The van der Waals surface area contributed by atoms with Crippen LogP contribution in [0.25, 0.3) is 0 Å². The van der Waals surface area contributed by atoms with Crippen LogP contribution in [0, 0.1) is 0 Å². The van der Waals surface area contributed by atoms with Gasteiger partial charge in [0.2, 0.25) is 5.78 Å².